The van der Waals surface area contributed by atoms with E-state index in [1.54, 1.807) is 0 Å². The molecule has 14 heavy (non-hydrogen) atoms. The standard InChI is InChI=1S/C7H6F2N2O3/c8-5(9)4-3(12)1-2(7(13)14)11-6(4)10/h1,5H,(H,13,14)(H3,10,11,12). The number of nitrogens with two attached hydrogens (primary N) is 1. The molecule has 4 N–H and O–H groups in total. The first-order valence-corrected chi connectivity index (χ1v) is 3.47. The van der Waals surface area contributed by atoms with Crippen LogP contribution in [0.3, 0.4) is 0 Å². The molecular weight excluding hydrogens is 198 g/mol. The predicted octanol–water partition coefficient (Wildman–Crippen LogP) is 0.593. The smallest absolute Gasteiger partial charge is 0.352 e. The van der Waals surface area contributed by atoms with Crippen molar-refractivity contribution in [1.29, 1.82) is 0 Å². The summed E-state index contributed by atoms with van der Waals surface area (Å²) in [4.78, 5) is 23.3. The molecule has 1 heterocycles. The molecule has 5 nitrogen and oxygen atoms in total. The molecule has 0 amide bonds. The van der Waals surface area contributed by atoms with Crippen LogP contribution in [0.2, 0.25) is 0 Å². The van der Waals surface area contributed by atoms with Crippen molar-refractivity contribution in [2.45, 2.75) is 6.43 Å². The normalized spacial score (nSPS) is 10.5. The summed E-state index contributed by atoms with van der Waals surface area (Å²) in [7, 11) is 0. The number of alkyl halides is 2. The molecular formula is C7H6F2N2O3. The van der Waals surface area contributed by atoms with Crippen LogP contribution in [-0.4, -0.2) is 16.1 Å². The van der Waals surface area contributed by atoms with E-state index < -0.39 is 34.9 Å². The van der Waals surface area contributed by atoms with E-state index in [0.29, 0.717) is 6.07 Å². The van der Waals surface area contributed by atoms with Gasteiger partial charge in [0.05, 0.1) is 0 Å². The molecule has 1 rings (SSSR count). The molecule has 0 spiro atoms. The molecule has 0 aliphatic carbocycles. The van der Waals surface area contributed by atoms with Crippen LogP contribution in [0.1, 0.15) is 22.5 Å². The van der Waals surface area contributed by atoms with Crippen LogP contribution < -0.4 is 11.2 Å². The number of pyridine rings is 1. The fourth-order valence-electron chi connectivity index (χ4n) is 0.930. The Balaban J connectivity index is 3.40. The first-order valence-electron chi connectivity index (χ1n) is 3.47. The summed E-state index contributed by atoms with van der Waals surface area (Å²) in [5, 5.41) is 8.45. The highest BCUT2D eigenvalue weighted by Gasteiger charge is 2.18. The first-order chi connectivity index (χ1) is 6.43. The highest BCUT2D eigenvalue weighted by atomic mass is 19.3. The Morgan fingerprint density at radius 1 is 1.57 bits per heavy atom. The molecule has 0 atom stereocenters. The fourth-order valence-corrected chi connectivity index (χ4v) is 0.930. The summed E-state index contributed by atoms with van der Waals surface area (Å²) in [6, 6.07) is 0.570. The van der Waals surface area contributed by atoms with Gasteiger partial charge in [-0.1, -0.05) is 0 Å². The lowest BCUT2D eigenvalue weighted by Crippen LogP contribution is -2.17. The lowest BCUT2D eigenvalue weighted by Gasteiger charge is -2.04. The van der Waals surface area contributed by atoms with Crippen molar-refractivity contribution >= 4 is 11.8 Å². The van der Waals surface area contributed by atoms with Gasteiger partial charge >= 0.3 is 5.97 Å². The van der Waals surface area contributed by atoms with Gasteiger partial charge in [-0.25, -0.2) is 13.6 Å². The SMILES string of the molecule is Nc1[nH]c(C(=O)O)cc(=O)c1C(F)F. The Kier molecular flexibility index (Phi) is 2.50. The summed E-state index contributed by atoms with van der Waals surface area (Å²) in [5.41, 5.74) is 2.55. The molecule has 0 radical (unpaired) electrons. The molecule has 0 aliphatic heterocycles. The lowest BCUT2D eigenvalue weighted by atomic mass is 10.2. The number of nitrogen functional groups attached to an aromatic ring is 1. The van der Waals surface area contributed by atoms with Gasteiger partial charge in [-0.3, -0.25) is 4.79 Å². The van der Waals surface area contributed by atoms with Gasteiger partial charge in [-0.05, 0) is 0 Å². The number of hydrogen-bond acceptors (Lipinski definition) is 3. The molecule has 0 aliphatic rings. The molecule has 0 saturated heterocycles. The highest BCUT2D eigenvalue weighted by molar-refractivity contribution is 5.85. The number of aromatic amines is 1. The van der Waals surface area contributed by atoms with E-state index in [-0.39, 0.29) is 0 Å². The number of anilines is 1. The zero-order valence-electron chi connectivity index (χ0n) is 6.75. The Morgan fingerprint density at radius 2 is 2.14 bits per heavy atom. The largest absolute Gasteiger partial charge is 0.477 e. The first kappa shape index (κ1) is 10.2. The predicted molar refractivity (Wildman–Crippen MR) is 43.4 cm³/mol. The van der Waals surface area contributed by atoms with Crippen molar-refractivity contribution in [2.75, 3.05) is 5.73 Å². The summed E-state index contributed by atoms with van der Waals surface area (Å²) < 4.78 is 24.3. The molecule has 0 unspecified atom stereocenters. The number of carboxylic acids is 1. The maximum Gasteiger partial charge on any atom is 0.352 e. The van der Waals surface area contributed by atoms with Gasteiger partial charge in [0.1, 0.15) is 17.1 Å². The number of rotatable bonds is 2. The van der Waals surface area contributed by atoms with E-state index in [2.05, 4.69) is 0 Å². The Bertz CT molecular complexity index is 427. The van der Waals surface area contributed by atoms with Gasteiger partial charge in [0.25, 0.3) is 6.43 Å². The van der Waals surface area contributed by atoms with Crippen molar-refractivity contribution in [3.05, 3.63) is 27.5 Å². The van der Waals surface area contributed by atoms with Crippen molar-refractivity contribution in [3.63, 3.8) is 0 Å². The average molecular weight is 204 g/mol. The number of carboxylic acid groups (broad SMARTS) is 1. The van der Waals surface area contributed by atoms with Crippen molar-refractivity contribution in [2.24, 2.45) is 0 Å². The van der Waals surface area contributed by atoms with E-state index in [1.165, 1.54) is 0 Å². The Labute approximate surface area is 76.2 Å². The zero-order valence-corrected chi connectivity index (χ0v) is 6.75. The number of carbonyl (C=O) groups is 1. The van der Waals surface area contributed by atoms with Gasteiger partial charge in [0.2, 0.25) is 0 Å². The maximum absolute atomic E-state index is 12.2. The minimum Gasteiger partial charge on any atom is -0.477 e. The molecule has 0 bridgehead atoms. The van der Waals surface area contributed by atoms with Gasteiger partial charge < -0.3 is 15.8 Å². The second-order valence-corrected chi connectivity index (χ2v) is 2.48. The molecule has 0 saturated carbocycles. The fraction of sp³-hybridized carbons (Fsp3) is 0.143. The third-order valence-corrected chi connectivity index (χ3v) is 1.55. The van der Waals surface area contributed by atoms with Gasteiger partial charge in [-0.15, -0.1) is 0 Å². The highest BCUT2D eigenvalue weighted by Crippen LogP contribution is 2.19. The van der Waals surface area contributed by atoms with Crippen LogP contribution >= 0.6 is 0 Å². The second kappa shape index (κ2) is 3.44. The van der Waals surface area contributed by atoms with Crippen LogP contribution in [-0.2, 0) is 0 Å². The maximum atomic E-state index is 12.2. The summed E-state index contributed by atoms with van der Waals surface area (Å²) >= 11 is 0. The van der Waals surface area contributed by atoms with Crippen LogP contribution in [0, 0.1) is 0 Å². The molecule has 76 valence electrons. The third kappa shape index (κ3) is 1.70. The van der Waals surface area contributed by atoms with E-state index in [4.69, 9.17) is 10.8 Å². The zero-order chi connectivity index (χ0) is 10.9. The van der Waals surface area contributed by atoms with Gasteiger partial charge in [0.15, 0.2) is 5.43 Å². The number of aromatic carboxylic acids is 1. The summed E-state index contributed by atoms with van der Waals surface area (Å²) in [6.07, 6.45) is -3.03. The Hall–Kier alpha value is -1.92. The number of nitrogens with one attached hydrogen (secondary N) is 1. The van der Waals surface area contributed by atoms with Crippen LogP contribution in [0.25, 0.3) is 0 Å². The van der Waals surface area contributed by atoms with Crippen LogP contribution in [0.15, 0.2) is 10.9 Å². The van der Waals surface area contributed by atoms with Crippen LogP contribution in [0.4, 0.5) is 14.6 Å². The quantitative estimate of drug-likeness (QED) is 0.656. The van der Waals surface area contributed by atoms with E-state index in [0.717, 1.165) is 0 Å². The minimum atomic E-state index is -3.03. The van der Waals surface area contributed by atoms with Gasteiger partial charge in [0, 0.05) is 6.07 Å². The van der Waals surface area contributed by atoms with Crippen LogP contribution in [0.5, 0.6) is 0 Å². The third-order valence-electron chi connectivity index (χ3n) is 1.55. The number of H-pyrrole nitrogens is 1. The number of hydrogen-bond donors (Lipinski definition) is 3. The summed E-state index contributed by atoms with van der Waals surface area (Å²) in [6.45, 7) is 0. The topological polar surface area (TPSA) is 96.2 Å². The second-order valence-electron chi connectivity index (χ2n) is 2.48. The molecule has 0 aromatic carbocycles. The van der Waals surface area contributed by atoms with E-state index >= 15 is 0 Å². The minimum absolute atomic E-state index is 0.517. The molecule has 7 heteroatoms. The van der Waals surface area contributed by atoms with Crippen molar-refractivity contribution in [3.8, 4) is 0 Å². The molecule has 1 aromatic heterocycles. The molecule has 0 fully saturated rings. The number of halogens is 2. The number of aromatic nitrogens is 1. The van der Waals surface area contributed by atoms with E-state index in [9.17, 15) is 18.4 Å². The van der Waals surface area contributed by atoms with Gasteiger partial charge in [-0.2, -0.15) is 0 Å². The summed E-state index contributed by atoms with van der Waals surface area (Å²) in [5.74, 6) is -2.06. The van der Waals surface area contributed by atoms with Crippen molar-refractivity contribution in [1.82, 2.24) is 4.98 Å². The van der Waals surface area contributed by atoms with E-state index in [1.807, 2.05) is 4.98 Å². The Morgan fingerprint density at radius 3 is 2.50 bits per heavy atom. The lowest BCUT2D eigenvalue weighted by molar-refractivity contribution is 0.0690. The van der Waals surface area contributed by atoms with Crippen molar-refractivity contribution < 1.29 is 18.7 Å². The molecule has 1 aromatic rings. The average Bonchev–Trinajstić information content (AvgIpc) is 2.01. The monoisotopic (exact) mass is 204 g/mol.